The van der Waals surface area contributed by atoms with E-state index >= 15 is 0 Å². The Kier molecular flexibility index (Phi) is 6.39. The molecule has 0 aliphatic carbocycles. The molecule has 7 heteroatoms. The highest BCUT2D eigenvalue weighted by molar-refractivity contribution is 5.69. The Labute approximate surface area is 171 Å². The number of hydrogen-bond donors (Lipinski definition) is 2. The molecule has 0 amide bonds. The van der Waals surface area contributed by atoms with Crippen molar-refractivity contribution in [2.24, 2.45) is 0 Å². The molecule has 152 valence electrons. The van der Waals surface area contributed by atoms with E-state index in [-0.39, 0.29) is 6.04 Å². The van der Waals surface area contributed by atoms with Gasteiger partial charge in [-0.3, -0.25) is 0 Å². The van der Waals surface area contributed by atoms with E-state index in [4.69, 9.17) is 14.2 Å². The Balaban J connectivity index is 2.02. The lowest BCUT2D eigenvalue weighted by Gasteiger charge is -2.16. The first-order valence-corrected chi connectivity index (χ1v) is 9.32. The second-order valence-electron chi connectivity index (χ2n) is 6.67. The molecule has 3 rings (SSSR count). The van der Waals surface area contributed by atoms with Gasteiger partial charge in [0.05, 0.1) is 21.3 Å². The second-order valence-corrected chi connectivity index (χ2v) is 6.67. The van der Waals surface area contributed by atoms with Crippen molar-refractivity contribution in [1.82, 2.24) is 9.97 Å². The van der Waals surface area contributed by atoms with Crippen LogP contribution in [0.1, 0.15) is 13.8 Å². The Morgan fingerprint density at radius 2 is 1.41 bits per heavy atom. The lowest BCUT2D eigenvalue weighted by molar-refractivity contribution is 0.324. The van der Waals surface area contributed by atoms with Gasteiger partial charge >= 0.3 is 0 Å². The molecule has 0 radical (unpaired) electrons. The van der Waals surface area contributed by atoms with Crippen LogP contribution in [0.2, 0.25) is 0 Å². The van der Waals surface area contributed by atoms with Crippen molar-refractivity contribution in [1.29, 1.82) is 0 Å². The third-order valence-electron chi connectivity index (χ3n) is 4.13. The second kappa shape index (κ2) is 9.14. The summed E-state index contributed by atoms with van der Waals surface area (Å²) in [4.78, 5) is 9.33. The molecule has 0 saturated heterocycles. The molecule has 0 fully saturated rings. The van der Waals surface area contributed by atoms with Crippen molar-refractivity contribution in [2.75, 3.05) is 32.0 Å². The first kappa shape index (κ1) is 20.3. The molecule has 29 heavy (non-hydrogen) atoms. The van der Waals surface area contributed by atoms with Gasteiger partial charge in [-0.15, -0.1) is 0 Å². The number of benzene rings is 2. The number of hydrogen-bond acceptors (Lipinski definition) is 7. The molecule has 0 saturated carbocycles. The molecule has 1 aromatic heterocycles. The molecule has 0 unspecified atom stereocenters. The predicted molar refractivity (Wildman–Crippen MR) is 116 cm³/mol. The first-order chi connectivity index (χ1) is 14.0. The van der Waals surface area contributed by atoms with Crippen LogP contribution >= 0.6 is 0 Å². The molecule has 2 aromatic carbocycles. The normalized spacial score (nSPS) is 10.6. The first-order valence-electron chi connectivity index (χ1n) is 9.32. The minimum absolute atomic E-state index is 0.238. The average molecular weight is 394 g/mol. The quantitative estimate of drug-likeness (QED) is 0.572. The number of nitrogens with zero attached hydrogens (tertiary/aromatic N) is 2. The molecule has 0 atom stereocenters. The largest absolute Gasteiger partial charge is 0.493 e. The van der Waals surface area contributed by atoms with Crippen LogP contribution in [0.4, 0.5) is 17.3 Å². The van der Waals surface area contributed by atoms with Gasteiger partial charge in [0.25, 0.3) is 0 Å². The van der Waals surface area contributed by atoms with Gasteiger partial charge in [0, 0.05) is 35.5 Å². The Morgan fingerprint density at radius 3 is 1.97 bits per heavy atom. The van der Waals surface area contributed by atoms with Gasteiger partial charge in [-0.25, -0.2) is 9.97 Å². The van der Waals surface area contributed by atoms with Crippen LogP contribution in [0.25, 0.3) is 11.4 Å². The fourth-order valence-electron chi connectivity index (χ4n) is 2.90. The van der Waals surface area contributed by atoms with E-state index in [1.165, 1.54) is 0 Å². The number of aromatic nitrogens is 2. The molecule has 0 aliphatic rings. The van der Waals surface area contributed by atoms with E-state index in [1.54, 1.807) is 21.3 Å². The number of methoxy groups -OCH3 is 3. The minimum atomic E-state index is 0.238. The Hall–Kier alpha value is -3.48. The van der Waals surface area contributed by atoms with Gasteiger partial charge in [-0.2, -0.15) is 0 Å². The van der Waals surface area contributed by atoms with Crippen molar-refractivity contribution in [3.8, 4) is 28.6 Å². The van der Waals surface area contributed by atoms with E-state index in [1.807, 2.05) is 48.5 Å². The Bertz CT molecular complexity index is 937. The molecular formula is C22H26N4O3. The van der Waals surface area contributed by atoms with E-state index in [0.717, 1.165) is 17.1 Å². The van der Waals surface area contributed by atoms with Crippen LogP contribution in [0.5, 0.6) is 17.2 Å². The highest BCUT2D eigenvalue weighted by Crippen LogP contribution is 2.40. The maximum Gasteiger partial charge on any atom is 0.203 e. The van der Waals surface area contributed by atoms with Crippen molar-refractivity contribution in [3.05, 3.63) is 48.5 Å². The molecule has 0 bridgehead atoms. The van der Waals surface area contributed by atoms with Crippen LogP contribution in [0, 0.1) is 0 Å². The third kappa shape index (κ3) is 4.87. The summed E-state index contributed by atoms with van der Waals surface area (Å²) in [6.07, 6.45) is 0. The third-order valence-corrected chi connectivity index (χ3v) is 4.13. The molecule has 2 N–H and O–H groups in total. The monoisotopic (exact) mass is 394 g/mol. The maximum absolute atomic E-state index is 5.44. The van der Waals surface area contributed by atoms with Crippen LogP contribution in [0.15, 0.2) is 48.5 Å². The molecular weight excluding hydrogens is 368 g/mol. The number of nitrogens with one attached hydrogen (secondary N) is 2. The maximum atomic E-state index is 5.44. The van der Waals surface area contributed by atoms with Crippen LogP contribution < -0.4 is 24.8 Å². The fourth-order valence-corrected chi connectivity index (χ4v) is 2.90. The summed E-state index contributed by atoms with van der Waals surface area (Å²) >= 11 is 0. The summed E-state index contributed by atoms with van der Waals surface area (Å²) in [5.74, 6) is 3.68. The average Bonchev–Trinajstić information content (AvgIpc) is 2.73. The molecule has 0 aliphatic heterocycles. The Morgan fingerprint density at radius 1 is 0.793 bits per heavy atom. The van der Waals surface area contributed by atoms with Crippen molar-refractivity contribution < 1.29 is 14.2 Å². The highest BCUT2D eigenvalue weighted by Gasteiger charge is 2.14. The van der Waals surface area contributed by atoms with Crippen molar-refractivity contribution >= 4 is 17.3 Å². The minimum Gasteiger partial charge on any atom is -0.493 e. The van der Waals surface area contributed by atoms with E-state index in [2.05, 4.69) is 34.4 Å². The summed E-state index contributed by atoms with van der Waals surface area (Å²) in [5.41, 5.74) is 1.69. The smallest absolute Gasteiger partial charge is 0.203 e. The zero-order valence-electron chi connectivity index (χ0n) is 17.3. The standard InChI is InChI=1S/C22H26N4O3/c1-14(2)23-19-13-20(26-22(25-19)15-9-7-6-8-10-15)24-16-11-17(27-3)21(29-5)18(12-16)28-4/h6-14H,1-5H3,(H2,23,24,25,26). The predicted octanol–water partition coefficient (Wildman–Crippen LogP) is 4.73. The van der Waals surface area contributed by atoms with Gasteiger partial charge < -0.3 is 24.8 Å². The van der Waals surface area contributed by atoms with Gasteiger partial charge in [-0.05, 0) is 13.8 Å². The summed E-state index contributed by atoms with van der Waals surface area (Å²) in [6, 6.07) is 15.6. The molecule has 3 aromatic rings. The topological polar surface area (TPSA) is 77.5 Å². The zero-order chi connectivity index (χ0) is 20.8. The highest BCUT2D eigenvalue weighted by atomic mass is 16.5. The summed E-state index contributed by atoms with van der Waals surface area (Å²) in [7, 11) is 4.75. The SMILES string of the molecule is COc1cc(Nc2cc(NC(C)C)nc(-c3ccccc3)n2)cc(OC)c1OC. The van der Waals surface area contributed by atoms with Crippen molar-refractivity contribution in [3.63, 3.8) is 0 Å². The summed E-state index contributed by atoms with van der Waals surface area (Å²) < 4.78 is 16.3. The summed E-state index contributed by atoms with van der Waals surface area (Å²) in [5, 5.41) is 6.67. The van der Waals surface area contributed by atoms with Gasteiger partial charge in [0.1, 0.15) is 11.6 Å². The number of anilines is 3. The van der Waals surface area contributed by atoms with E-state index in [0.29, 0.717) is 28.9 Å². The van der Waals surface area contributed by atoms with Gasteiger partial charge in [0.15, 0.2) is 17.3 Å². The van der Waals surface area contributed by atoms with Gasteiger partial charge in [0.2, 0.25) is 5.75 Å². The van der Waals surface area contributed by atoms with Gasteiger partial charge in [-0.1, -0.05) is 30.3 Å². The van der Waals surface area contributed by atoms with Crippen LogP contribution in [-0.2, 0) is 0 Å². The zero-order valence-corrected chi connectivity index (χ0v) is 17.3. The molecule has 1 heterocycles. The lowest BCUT2D eigenvalue weighted by Crippen LogP contribution is -2.12. The van der Waals surface area contributed by atoms with Crippen LogP contribution in [0.3, 0.4) is 0 Å². The van der Waals surface area contributed by atoms with Crippen molar-refractivity contribution in [2.45, 2.75) is 19.9 Å². The lowest BCUT2D eigenvalue weighted by atomic mass is 10.2. The van der Waals surface area contributed by atoms with E-state index < -0.39 is 0 Å². The van der Waals surface area contributed by atoms with Crippen LogP contribution in [-0.4, -0.2) is 37.3 Å². The number of ether oxygens (including phenoxy) is 3. The molecule has 0 spiro atoms. The molecule has 7 nitrogen and oxygen atoms in total. The van der Waals surface area contributed by atoms with E-state index in [9.17, 15) is 0 Å². The fraction of sp³-hybridized carbons (Fsp3) is 0.273. The summed E-state index contributed by atoms with van der Waals surface area (Å²) in [6.45, 7) is 4.13. The number of rotatable bonds is 8.